The molecule has 0 saturated heterocycles. The number of nitriles is 1. The number of hydrazine groups is 1. The lowest BCUT2D eigenvalue weighted by molar-refractivity contribution is -0.117. The Balaban J connectivity index is 1.88. The van der Waals surface area contributed by atoms with Gasteiger partial charge in [0.25, 0.3) is 0 Å². The number of Topliss-reactive ketones (excluding diaryl/α,β-unsaturated/α-hetero) is 1. The van der Waals surface area contributed by atoms with Crippen molar-refractivity contribution in [3.8, 4) is 6.07 Å². The average molecular weight is 391 g/mol. The molecule has 28 heavy (non-hydrogen) atoms. The summed E-state index contributed by atoms with van der Waals surface area (Å²) in [6.45, 7) is 0. The van der Waals surface area contributed by atoms with E-state index in [2.05, 4.69) is 18.2 Å². The second-order valence-corrected chi connectivity index (χ2v) is 8.14. The minimum Gasteiger partial charge on any atom is -0.383 e. The van der Waals surface area contributed by atoms with Crippen LogP contribution in [-0.2, 0) is 4.79 Å². The fraction of sp³-hybridized carbons (Fsp3) is 0.273. The van der Waals surface area contributed by atoms with E-state index < -0.39 is 0 Å². The number of nitrogens with two attached hydrogens (primary N) is 1. The smallest absolute Gasteiger partial charge is 0.162 e. The Morgan fingerprint density at radius 2 is 1.93 bits per heavy atom. The summed E-state index contributed by atoms with van der Waals surface area (Å²) in [5.41, 5.74) is 10.6. The van der Waals surface area contributed by atoms with Crippen LogP contribution in [0.5, 0.6) is 0 Å². The van der Waals surface area contributed by atoms with Crippen molar-refractivity contribution in [1.29, 1.82) is 5.26 Å². The van der Waals surface area contributed by atoms with E-state index in [9.17, 15) is 10.1 Å². The van der Waals surface area contributed by atoms with Crippen molar-refractivity contribution >= 4 is 17.1 Å². The molecule has 0 saturated carbocycles. The molecule has 6 heteroatoms. The van der Waals surface area contributed by atoms with Gasteiger partial charge in [-0.1, -0.05) is 30.3 Å². The maximum atomic E-state index is 13.4. The van der Waals surface area contributed by atoms with Gasteiger partial charge in [0, 0.05) is 31.8 Å². The molecule has 1 aliphatic carbocycles. The molecule has 2 N–H and O–H groups in total. The van der Waals surface area contributed by atoms with Crippen molar-refractivity contribution in [2.24, 2.45) is 5.73 Å². The van der Waals surface area contributed by atoms with E-state index in [1.54, 1.807) is 11.3 Å². The van der Waals surface area contributed by atoms with Gasteiger partial charge in [0.15, 0.2) is 5.78 Å². The van der Waals surface area contributed by atoms with Crippen LogP contribution in [-0.4, -0.2) is 29.9 Å². The van der Waals surface area contributed by atoms with Crippen LogP contribution in [0.2, 0.25) is 0 Å². The molecule has 1 aromatic heterocycles. The summed E-state index contributed by atoms with van der Waals surface area (Å²) < 4.78 is 0. The van der Waals surface area contributed by atoms with Gasteiger partial charge in [0.2, 0.25) is 0 Å². The summed E-state index contributed by atoms with van der Waals surface area (Å²) in [5, 5.41) is 17.5. The van der Waals surface area contributed by atoms with Crippen molar-refractivity contribution in [3.63, 3.8) is 0 Å². The fourth-order valence-corrected chi connectivity index (χ4v) is 4.99. The van der Waals surface area contributed by atoms with Crippen molar-refractivity contribution in [3.05, 3.63) is 80.9 Å². The predicted molar refractivity (Wildman–Crippen MR) is 110 cm³/mol. The summed E-state index contributed by atoms with van der Waals surface area (Å²) in [4.78, 5) is 13.4. The molecule has 0 unspecified atom stereocenters. The number of hydrogen-bond donors (Lipinski definition) is 1. The largest absolute Gasteiger partial charge is 0.383 e. The lowest BCUT2D eigenvalue weighted by Crippen LogP contribution is -2.45. The average Bonchev–Trinajstić information content (AvgIpc) is 3.21. The summed E-state index contributed by atoms with van der Waals surface area (Å²) in [6.07, 6.45) is 1.16. The molecule has 2 aromatic rings. The highest BCUT2D eigenvalue weighted by Gasteiger charge is 2.43. The molecule has 142 valence electrons. The normalized spacial score (nSPS) is 22.5. The minimum atomic E-state index is -0.383. The van der Waals surface area contributed by atoms with Gasteiger partial charge in [-0.2, -0.15) is 16.6 Å². The summed E-state index contributed by atoms with van der Waals surface area (Å²) >= 11 is 1.56. The van der Waals surface area contributed by atoms with Gasteiger partial charge < -0.3 is 5.73 Å². The van der Waals surface area contributed by atoms with Crippen LogP contribution in [0, 0.1) is 11.3 Å². The number of hydrogen-bond acceptors (Lipinski definition) is 6. The molecule has 0 bridgehead atoms. The predicted octanol–water partition coefficient (Wildman–Crippen LogP) is 3.72. The van der Waals surface area contributed by atoms with Gasteiger partial charge >= 0.3 is 0 Å². The Morgan fingerprint density at radius 1 is 1.18 bits per heavy atom. The molecule has 2 aliphatic rings. The van der Waals surface area contributed by atoms with E-state index in [-0.39, 0.29) is 17.6 Å². The van der Waals surface area contributed by atoms with Gasteiger partial charge in [-0.15, -0.1) is 0 Å². The Labute approximate surface area is 169 Å². The molecule has 0 spiro atoms. The summed E-state index contributed by atoms with van der Waals surface area (Å²) in [5.74, 6) is 0.225. The fourth-order valence-electron chi connectivity index (χ4n) is 4.30. The molecule has 4 rings (SSSR count). The van der Waals surface area contributed by atoms with Gasteiger partial charge in [-0.05, 0) is 40.3 Å². The summed E-state index contributed by atoms with van der Waals surface area (Å²) in [6, 6.07) is 14.4. The van der Waals surface area contributed by atoms with Crippen molar-refractivity contribution in [2.75, 3.05) is 14.1 Å². The molecular weight excluding hydrogens is 368 g/mol. The first kappa shape index (κ1) is 18.5. The topological polar surface area (TPSA) is 73.4 Å². The molecule has 2 heterocycles. The van der Waals surface area contributed by atoms with E-state index in [0.717, 1.165) is 16.8 Å². The summed E-state index contributed by atoms with van der Waals surface area (Å²) in [7, 11) is 3.77. The lowest BCUT2D eigenvalue weighted by atomic mass is 9.72. The number of carbonyl (C=O) groups is 1. The van der Waals surface area contributed by atoms with Crippen LogP contribution in [0.3, 0.4) is 0 Å². The minimum absolute atomic E-state index is 0.0957. The van der Waals surface area contributed by atoms with Gasteiger partial charge in [-0.25, -0.2) is 5.01 Å². The molecular formula is C22H22N4OS. The maximum Gasteiger partial charge on any atom is 0.162 e. The van der Waals surface area contributed by atoms with Crippen LogP contribution in [0.4, 0.5) is 0 Å². The number of ketones is 1. The number of nitrogens with zero attached hydrogens (tertiary/aromatic N) is 3. The third-order valence-corrected chi connectivity index (χ3v) is 6.19. The second kappa shape index (κ2) is 7.27. The number of benzene rings is 1. The highest BCUT2D eigenvalue weighted by Crippen LogP contribution is 2.48. The number of carbonyl (C=O) groups excluding carboxylic acids is 1. The second-order valence-electron chi connectivity index (χ2n) is 7.36. The van der Waals surface area contributed by atoms with E-state index in [1.165, 1.54) is 0 Å². The van der Waals surface area contributed by atoms with E-state index >= 15 is 0 Å². The molecule has 0 radical (unpaired) electrons. The Bertz CT molecular complexity index is 999. The standard InChI is InChI=1S/C22H22N4OS/c1-25(2)26-18-10-16(14-6-4-3-5-7-14)11-19(27)21(18)20(15-8-9-28-13-15)17(12-23)22(26)24/h3-9,13,16,20H,10-11,24H2,1-2H3/t16-,20+/m0/s1. The molecule has 5 nitrogen and oxygen atoms in total. The number of thiophene rings is 1. The zero-order valence-electron chi connectivity index (χ0n) is 15.9. The van der Waals surface area contributed by atoms with Crippen molar-refractivity contribution in [1.82, 2.24) is 10.0 Å². The monoisotopic (exact) mass is 390 g/mol. The molecule has 0 fully saturated rings. The molecule has 2 atom stereocenters. The Kier molecular flexibility index (Phi) is 4.80. The van der Waals surface area contributed by atoms with Gasteiger partial charge in [0.1, 0.15) is 5.82 Å². The van der Waals surface area contributed by atoms with Crippen molar-refractivity contribution in [2.45, 2.75) is 24.7 Å². The van der Waals surface area contributed by atoms with Crippen LogP contribution < -0.4 is 5.73 Å². The van der Waals surface area contributed by atoms with Crippen LogP contribution in [0.15, 0.2) is 69.8 Å². The van der Waals surface area contributed by atoms with Gasteiger partial charge in [-0.3, -0.25) is 9.80 Å². The van der Waals surface area contributed by atoms with E-state index in [1.807, 2.05) is 59.1 Å². The number of rotatable bonds is 3. The third kappa shape index (κ3) is 2.93. The highest BCUT2D eigenvalue weighted by molar-refractivity contribution is 7.08. The first-order valence-corrected chi connectivity index (χ1v) is 10.2. The quantitative estimate of drug-likeness (QED) is 0.865. The Hall–Kier alpha value is -2.88. The molecule has 1 aliphatic heterocycles. The molecule has 1 aromatic carbocycles. The molecule has 0 amide bonds. The van der Waals surface area contributed by atoms with Crippen molar-refractivity contribution < 1.29 is 4.79 Å². The van der Waals surface area contributed by atoms with Crippen LogP contribution >= 0.6 is 11.3 Å². The highest BCUT2D eigenvalue weighted by atomic mass is 32.1. The van der Waals surface area contributed by atoms with E-state index in [4.69, 9.17) is 5.73 Å². The maximum absolute atomic E-state index is 13.4. The SMILES string of the molecule is CN(C)N1C(N)=C(C#N)[C@@H](c2ccsc2)C2=C1C[C@H](c1ccccc1)CC2=O. The Morgan fingerprint density at radius 3 is 2.54 bits per heavy atom. The van der Waals surface area contributed by atoms with Crippen LogP contribution in [0.1, 0.15) is 35.8 Å². The lowest BCUT2D eigenvalue weighted by Gasteiger charge is -2.43. The first-order chi connectivity index (χ1) is 13.5. The van der Waals surface area contributed by atoms with Gasteiger partial charge in [0.05, 0.1) is 17.6 Å². The third-order valence-electron chi connectivity index (χ3n) is 5.49. The zero-order chi connectivity index (χ0) is 19.8. The van der Waals surface area contributed by atoms with Crippen LogP contribution in [0.25, 0.3) is 0 Å². The number of allylic oxidation sites excluding steroid dienone is 3. The van der Waals surface area contributed by atoms with E-state index in [0.29, 0.717) is 29.8 Å². The first-order valence-electron chi connectivity index (χ1n) is 9.23. The zero-order valence-corrected chi connectivity index (χ0v) is 16.7.